The molecule has 0 bridgehead atoms. The van der Waals surface area contributed by atoms with Crippen LogP contribution >= 0.6 is 15.9 Å². The van der Waals surface area contributed by atoms with Crippen molar-refractivity contribution in [2.45, 2.75) is 195 Å². The zero-order valence-electron chi connectivity index (χ0n) is 40.9. The van der Waals surface area contributed by atoms with Gasteiger partial charge in [-0.3, -0.25) is 0 Å². The van der Waals surface area contributed by atoms with E-state index in [9.17, 15) is 0 Å². The van der Waals surface area contributed by atoms with E-state index in [1.54, 1.807) is 0 Å². The normalized spacial score (nSPS) is 26.7. The van der Waals surface area contributed by atoms with E-state index in [1.165, 1.54) is 5.56 Å². The van der Waals surface area contributed by atoms with Crippen molar-refractivity contribution < 1.29 is 56.3 Å². The Balaban J connectivity index is 0.000000181. The van der Waals surface area contributed by atoms with Crippen LogP contribution in [0.4, 0.5) is 0 Å². The van der Waals surface area contributed by atoms with Gasteiger partial charge in [0, 0.05) is 17.3 Å². The predicted octanol–water partition coefficient (Wildman–Crippen LogP) is 9.14. The molecule has 0 spiro atoms. The first-order chi connectivity index (χ1) is 28.3. The highest BCUT2D eigenvalue weighted by Crippen LogP contribution is 2.43. The lowest BCUT2D eigenvalue weighted by Gasteiger charge is -2.32. The third-order valence-electron chi connectivity index (χ3n) is 13.2. The van der Waals surface area contributed by atoms with Gasteiger partial charge in [0.1, 0.15) is 11.5 Å². The average Bonchev–Trinajstić information content (AvgIpc) is 3.84. The molecule has 0 aliphatic carbocycles. The molecule has 346 valence electrons. The summed E-state index contributed by atoms with van der Waals surface area (Å²) in [5.74, 6) is 0.819. The highest BCUT2D eigenvalue weighted by molar-refractivity contribution is 9.10. The Morgan fingerprint density at radius 2 is 0.871 bits per heavy atom. The third-order valence-corrected chi connectivity index (χ3v) is 14.1. The van der Waals surface area contributed by atoms with Gasteiger partial charge in [-0.05, 0) is 172 Å². The van der Waals surface area contributed by atoms with Gasteiger partial charge in [-0.2, -0.15) is 0 Å². The molecule has 0 aromatic heterocycles. The monoisotopic (exact) mass is 930 g/mol. The van der Waals surface area contributed by atoms with Crippen LogP contribution in [-0.2, 0) is 46.9 Å². The largest absolute Gasteiger partial charge is 0.495 e. The van der Waals surface area contributed by atoms with Crippen molar-refractivity contribution in [3.8, 4) is 11.5 Å². The van der Waals surface area contributed by atoms with Crippen LogP contribution < -0.4 is 14.9 Å². The Labute approximate surface area is 382 Å². The summed E-state index contributed by atoms with van der Waals surface area (Å²) >= 11 is 3.47. The summed E-state index contributed by atoms with van der Waals surface area (Å²) in [7, 11) is -1.30. The molecule has 0 radical (unpaired) electrons. The number of ether oxygens (including phenoxy) is 6. The SMILES string of the molecule is CC1(C)OB(B2OC(C)(C)C(C)(C)O2)OC1(C)C.Cc1cc(OCCC2COC(C)(C)O2)ccc1B1OC(C)(C)C(C)(C)O1.Cc1cc(OCCC2COC(C)(C)O2)ccc1Br. The first kappa shape index (κ1) is 51.3. The highest BCUT2D eigenvalue weighted by Gasteiger charge is 2.63. The lowest BCUT2D eigenvalue weighted by Crippen LogP contribution is -2.41. The van der Waals surface area contributed by atoms with Crippen molar-refractivity contribution >= 4 is 42.5 Å². The number of rotatable bonds is 10. The molecule has 7 rings (SSSR count). The first-order valence-corrected chi connectivity index (χ1v) is 23.0. The molecule has 5 fully saturated rings. The molecule has 0 amide bonds. The number of halogens is 1. The quantitative estimate of drug-likeness (QED) is 0.212. The van der Waals surface area contributed by atoms with E-state index in [-0.39, 0.29) is 52.9 Å². The van der Waals surface area contributed by atoms with E-state index in [1.807, 2.05) is 126 Å². The van der Waals surface area contributed by atoms with Crippen molar-refractivity contribution in [2.75, 3.05) is 26.4 Å². The predicted molar refractivity (Wildman–Crippen MR) is 248 cm³/mol. The standard InChI is InChI=1S/C20H31BO5.C14H19BrO3.C12H24B2O4/c1-14-12-15(22-11-10-16-13-23-20(6,7)24-16)8-9-17(14)21-25-18(2,3)19(4,5)26-21;1-10-8-11(4-5-13(10)15)16-7-6-12-9-17-14(2,3)18-12;1-9(2)10(3,4)16-13(15-9)14-17-11(5,6)12(7,8)18-14/h8-9,12,16H,10-11,13H2,1-7H3;4-5,8,12H,6-7,9H2,1-3H3;1-8H3. The van der Waals surface area contributed by atoms with Crippen LogP contribution in [0.2, 0.25) is 0 Å². The van der Waals surface area contributed by atoms with Crippen molar-refractivity contribution in [3.05, 3.63) is 52.0 Å². The van der Waals surface area contributed by atoms with Crippen LogP contribution in [0.25, 0.3) is 0 Å². The number of hydrogen-bond donors (Lipinski definition) is 0. The van der Waals surface area contributed by atoms with Gasteiger partial charge in [0.05, 0.1) is 72.2 Å². The molecule has 5 aliphatic heterocycles. The van der Waals surface area contributed by atoms with Crippen molar-refractivity contribution in [1.29, 1.82) is 0 Å². The summed E-state index contributed by atoms with van der Waals surface area (Å²) in [4.78, 5) is 0. The molecule has 0 saturated carbocycles. The molecule has 62 heavy (non-hydrogen) atoms. The second-order valence-corrected chi connectivity index (χ2v) is 21.8. The van der Waals surface area contributed by atoms with E-state index in [0.717, 1.165) is 39.8 Å². The first-order valence-electron chi connectivity index (χ1n) is 22.2. The molecular weight excluding hydrogens is 857 g/mol. The molecule has 2 aromatic rings. The summed E-state index contributed by atoms with van der Waals surface area (Å²) in [6.45, 7) is 38.8. The van der Waals surface area contributed by atoms with Gasteiger partial charge in [-0.15, -0.1) is 0 Å². The summed E-state index contributed by atoms with van der Waals surface area (Å²) in [6.07, 6.45) is 1.88. The molecular formula is C46H74B3BrO12. The second kappa shape index (κ2) is 18.9. The Morgan fingerprint density at radius 1 is 0.516 bits per heavy atom. The maximum absolute atomic E-state index is 6.15. The molecule has 16 heteroatoms. The minimum atomic E-state index is -0.480. The van der Waals surface area contributed by atoms with Gasteiger partial charge >= 0.3 is 21.1 Å². The fourth-order valence-electron chi connectivity index (χ4n) is 7.11. The number of benzene rings is 2. The minimum absolute atomic E-state index is 0.0927. The Hall–Kier alpha value is -1.69. The van der Waals surface area contributed by atoms with Crippen LogP contribution in [0.1, 0.15) is 135 Å². The molecule has 5 saturated heterocycles. The Kier molecular flexibility index (Phi) is 15.6. The molecule has 5 heterocycles. The van der Waals surface area contributed by atoms with Crippen LogP contribution in [0.15, 0.2) is 40.9 Å². The molecule has 0 N–H and O–H groups in total. The summed E-state index contributed by atoms with van der Waals surface area (Å²) in [6, 6.07) is 12.0. The van der Waals surface area contributed by atoms with Gasteiger partial charge in [-0.25, -0.2) is 0 Å². The van der Waals surface area contributed by atoms with Crippen LogP contribution in [0.5, 0.6) is 11.5 Å². The van der Waals surface area contributed by atoms with Gasteiger partial charge < -0.3 is 56.3 Å². The van der Waals surface area contributed by atoms with E-state index in [2.05, 4.69) is 50.5 Å². The van der Waals surface area contributed by atoms with Gasteiger partial charge in [-0.1, -0.05) is 22.0 Å². The molecule has 5 aliphatic rings. The minimum Gasteiger partial charge on any atom is -0.493 e. The average molecular weight is 931 g/mol. The lowest BCUT2D eigenvalue weighted by molar-refractivity contribution is -0.140. The zero-order valence-corrected chi connectivity index (χ0v) is 42.5. The van der Waals surface area contributed by atoms with Crippen LogP contribution in [0, 0.1) is 13.8 Å². The molecule has 12 nitrogen and oxygen atoms in total. The Bertz CT molecular complexity index is 1750. The van der Waals surface area contributed by atoms with Crippen molar-refractivity contribution in [1.82, 2.24) is 0 Å². The number of aryl methyl sites for hydroxylation is 2. The highest BCUT2D eigenvalue weighted by atomic mass is 79.9. The maximum atomic E-state index is 6.15. The van der Waals surface area contributed by atoms with Crippen molar-refractivity contribution in [2.24, 2.45) is 0 Å². The fraction of sp³-hybridized carbons (Fsp3) is 0.739. The summed E-state index contributed by atoms with van der Waals surface area (Å²) in [5.41, 5.74) is 1.21. The van der Waals surface area contributed by atoms with Gasteiger partial charge in [0.15, 0.2) is 11.6 Å². The Morgan fingerprint density at radius 3 is 1.21 bits per heavy atom. The smallest absolute Gasteiger partial charge is 0.493 e. The fourth-order valence-corrected chi connectivity index (χ4v) is 7.35. The zero-order chi connectivity index (χ0) is 46.3. The third kappa shape index (κ3) is 12.6. The van der Waals surface area contributed by atoms with E-state index in [4.69, 9.17) is 56.3 Å². The van der Waals surface area contributed by atoms with E-state index < -0.39 is 25.6 Å². The second-order valence-electron chi connectivity index (χ2n) is 20.9. The molecule has 2 unspecified atom stereocenters. The molecule has 2 atom stereocenters. The van der Waals surface area contributed by atoms with E-state index in [0.29, 0.717) is 26.4 Å². The topological polar surface area (TPSA) is 111 Å². The lowest BCUT2D eigenvalue weighted by atomic mass is 9.49. The summed E-state index contributed by atoms with van der Waals surface area (Å²) < 4.78 is 71.5. The number of hydrogen-bond acceptors (Lipinski definition) is 12. The van der Waals surface area contributed by atoms with Gasteiger partial charge in [0.2, 0.25) is 0 Å². The van der Waals surface area contributed by atoms with E-state index >= 15 is 0 Å². The van der Waals surface area contributed by atoms with Crippen LogP contribution in [-0.4, -0.2) is 105 Å². The summed E-state index contributed by atoms with van der Waals surface area (Å²) in [5, 5.41) is 0. The maximum Gasteiger partial charge on any atom is 0.495 e. The van der Waals surface area contributed by atoms with Crippen LogP contribution in [0.3, 0.4) is 0 Å². The van der Waals surface area contributed by atoms with Crippen molar-refractivity contribution in [3.63, 3.8) is 0 Å². The van der Waals surface area contributed by atoms with Gasteiger partial charge in [0.25, 0.3) is 0 Å². The molecule has 2 aromatic carbocycles.